The number of nitrogens with one attached hydrogen (secondary N) is 3. The summed E-state index contributed by atoms with van der Waals surface area (Å²) in [6, 6.07) is 19.7. The molecule has 4 aromatic rings. The van der Waals surface area contributed by atoms with Gasteiger partial charge in [-0.1, -0.05) is 59.9 Å². The van der Waals surface area contributed by atoms with Crippen LogP contribution in [0.5, 0.6) is 11.5 Å². The second-order valence-electron chi connectivity index (χ2n) is 8.33. The van der Waals surface area contributed by atoms with Gasteiger partial charge in [0.1, 0.15) is 17.0 Å². The van der Waals surface area contributed by atoms with E-state index in [1.807, 2.05) is 25.1 Å². The van der Waals surface area contributed by atoms with Gasteiger partial charge in [-0.25, -0.2) is 0 Å². The van der Waals surface area contributed by atoms with Crippen LogP contribution in [0.3, 0.4) is 0 Å². The minimum atomic E-state index is -0.778. The van der Waals surface area contributed by atoms with Gasteiger partial charge >= 0.3 is 4.87 Å². The van der Waals surface area contributed by atoms with Crippen molar-refractivity contribution in [2.75, 3.05) is 19.7 Å². The number of hydrogen-bond acceptors (Lipinski definition) is 7. The van der Waals surface area contributed by atoms with E-state index in [1.54, 1.807) is 6.07 Å². The highest BCUT2D eigenvalue weighted by molar-refractivity contribution is 7.16. The lowest BCUT2D eigenvalue weighted by molar-refractivity contribution is 0.176. The van der Waals surface area contributed by atoms with Crippen LogP contribution in [0.25, 0.3) is 10.2 Å². The van der Waals surface area contributed by atoms with Crippen molar-refractivity contribution in [1.29, 1.82) is 0 Å². The van der Waals surface area contributed by atoms with E-state index in [4.69, 9.17) is 4.74 Å². The molecular weight excluding hydrogens is 533 g/mol. The second-order valence-corrected chi connectivity index (χ2v) is 9.31. The van der Waals surface area contributed by atoms with Crippen molar-refractivity contribution in [1.82, 2.24) is 15.6 Å². The van der Waals surface area contributed by atoms with Crippen molar-refractivity contribution < 1.29 is 14.9 Å². The molecular formula is C27H33Cl2N3O4S. The lowest BCUT2D eigenvalue weighted by Gasteiger charge is -2.14. The Bertz CT molecular complexity index is 1330. The summed E-state index contributed by atoms with van der Waals surface area (Å²) >= 11 is 0.995. The van der Waals surface area contributed by atoms with Gasteiger partial charge in [0, 0.05) is 30.8 Å². The number of rotatable bonds is 12. The number of benzene rings is 3. The predicted molar refractivity (Wildman–Crippen MR) is 155 cm³/mol. The fraction of sp³-hybridized carbons (Fsp3) is 0.296. The Hall–Kier alpha value is -2.59. The summed E-state index contributed by atoms with van der Waals surface area (Å²) in [4.78, 5) is 14.0. The van der Waals surface area contributed by atoms with E-state index in [0.717, 1.165) is 42.2 Å². The van der Waals surface area contributed by atoms with Crippen molar-refractivity contribution in [3.05, 3.63) is 92.6 Å². The number of thiazole rings is 1. The number of phenols is 1. The van der Waals surface area contributed by atoms with E-state index < -0.39 is 6.10 Å². The Labute approximate surface area is 232 Å². The number of aliphatic hydroxyl groups excluding tert-OH is 1. The molecule has 3 aromatic carbocycles. The van der Waals surface area contributed by atoms with Gasteiger partial charge in [0.25, 0.3) is 0 Å². The minimum Gasteiger partial charge on any atom is -0.506 e. The number of halogens is 2. The monoisotopic (exact) mass is 565 g/mol. The van der Waals surface area contributed by atoms with E-state index in [1.165, 1.54) is 17.2 Å². The van der Waals surface area contributed by atoms with Crippen molar-refractivity contribution in [2.45, 2.75) is 32.5 Å². The maximum absolute atomic E-state index is 11.7. The minimum absolute atomic E-state index is 0. The topological polar surface area (TPSA) is 107 Å². The second kappa shape index (κ2) is 15.0. The molecule has 0 aliphatic rings. The van der Waals surface area contributed by atoms with E-state index in [0.29, 0.717) is 35.5 Å². The molecule has 5 N–H and O–H groups in total. The standard InChI is InChI=1S/C27H31N3O4S.2ClH/c1-2-34-24-9-4-3-8-20(24)16-29-15-19-7-5-6-18(14-19)12-13-28-17-23(32)21-10-11-22(31)25-26(21)35-27(33)30-25;;/h3-11,14,23,28-29,31-32H,2,12-13,15-17H2,1H3,(H,30,33);2*1H/t23-;;/m0../s1. The fourth-order valence-corrected chi connectivity index (χ4v) is 4.98. The van der Waals surface area contributed by atoms with E-state index in [-0.39, 0.29) is 35.4 Å². The molecule has 0 spiro atoms. The Morgan fingerprint density at radius 1 is 1.00 bits per heavy atom. The predicted octanol–water partition coefficient (Wildman–Crippen LogP) is 4.69. The lowest BCUT2D eigenvalue weighted by atomic mass is 10.1. The first kappa shape index (κ1) is 30.6. The van der Waals surface area contributed by atoms with Gasteiger partial charge in [0.15, 0.2) is 0 Å². The first-order chi connectivity index (χ1) is 17.0. The summed E-state index contributed by atoms with van der Waals surface area (Å²) in [5, 5.41) is 27.4. The summed E-state index contributed by atoms with van der Waals surface area (Å²) in [6.45, 7) is 5.20. The number of aromatic nitrogens is 1. The molecule has 10 heteroatoms. The fourth-order valence-electron chi connectivity index (χ4n) is 4.07. The number of fused-ring (bicyclic) bond motifs is 1. The number of aliphatic hydroxyl groups is 1. The summed E-state index contributed by atoms with van der Waals surface area (Å²) in [6.07, 6.45) is 0.0515. The average Bonchev–Trinajstić information content (AvgIpc) is 3.26. The number of ether oxygens (including phenoxy) is 1. The van der Waals surface area contributed by atoms with Crippen LogP contribution in [-0.2, 0) is 19.5 Å². The van der Waals surface area contributed by atoms with Gasteiger partial charge in [-0.2, -0.15) is 0 Å². The summed E-state index contributed by atoms with van der Waals surface area (Å²) < 4.78 is 6.29. The SMILES string of the molecule is CCOc1ccccc1CNCc1cccc(CCNC[C@H](O)c2ccc(O)c3[nH]c(=O)sc23)c1.Cl.Cl. The maximum Gasteiger partial charge on any atom is 0.305 e. The molecule has 1 aromatic heterocycles. The summed E-state index contributed by atoms with van der Waals surface area (Å²) in [5.41, 5.74) is 4.59. The zero-order valence-corrected chi connectivity index (χ0v) is 23.0. The van der Waals surface area contributed by atoms with E-state index >= 15 is 0 Å². The normalized spacial score (nSPS) is 11.5. The molecule has 1 atom stereocenters. The molecule has 200 valence electrons. The van der Waals surface area contributed by atoms with Crippen LogP contribution < -0.4 is 20.2 Å². The first-order valence-electron chi connectivity index (χ1n) is 11.8. The molecule has 0 aliphatic heterocycles. The summed E-state index contributed by atoms with van der Waals surface area (Å²) in [5.74, 6) is 0.929. The molecule has 0 unspecified atom stereocenters. The van der Waals surface area contributed by atoms with Crippen LogP contribution in [-0.4, -0.2) is 34.9 Å². The first-order valence-corrected chi connectivity index (χ1v) is 12.6. The van der Waals surface area contributed by atoms with E-state index in [9.17, 15) is 15.0 Å². The Kier molecular flexibility index (Phi) is 12.4. The smallest absolute Gasteiger partial charge is 0.305 e. The van der Waals surface area contributed by atoms with Gasteiger partial charge < -0.3 is 30.6 Å². The molecule has 37 heavy (non-hydrogen) atoms. The molecule has 0 radical (unpaired) electrons. The molecule has 4 rings (SSSR count). The van der Waals surface area contributed by atoms with Crippen molar-refractivity contribution in [2.24, 2.45) is 0 Å². The maximum atomic E-state index is 11.7. The molecule has 0 saturated heterocycles. The lowest BCUT2D eigenvalue weighted by Crippen LogP contribution is -2.24. The van der Waals surface area contributed by atoms with Gasteiger partial charge in [-0.15, -0.1) is 24.8 Å². The van der Waals surface area contributed by atoms with Gasteiger partial charge in [0.2, 0.25) is 0 Å². The Balaban J connectivity index is 0.00000241. The molecule has 0 fully saturated rings. The number of phenolic OH excluding ortho intramolecular Hbond substituents is 1. The number of H-pyrrole nitrogens is 1. The Morgan fingerprint density at radius 3 is 2.59 bits per heavy atom. The molecule has 0 bridgehead atoms. The highest BCUT2D eigenvalue weighted by atomic mass is 35.5. The molecule has 0 aliphatic carbocycles. The van der Waals surface area contributed by atoms with Gasteiger partial charge in [0.05, 0.1) is 17.4 Å². The molecule has 0 amide bonds. The van der Waals surface area contributed by atoms with Crippen LogP contribution in [0.4, 0.5) is 0 Å². The van der Waals surface area contributed by atoms with Crippen molar-refractivity contribution in [3.8, 4) is 11.5 Å². The highest BCUT2D eigenvalue weighted by Crippen LogP contribution is 2.31. The number of aromatic hydroxyl groups is 1. The number of para-hydroxylation sites is 1. The van der Waals surface area contributed by atoms with Crippen LogP contribution >= 0.6 is 36.2 Å². The third kappa shape index (κ3) is 8.20. The zero-order valence-electron chi connectivity index (χ0n) is 20.5. The highest BCUT2D eigenvalue weighted by Gasteiger charge is 2.16. The molecule has 7 nitrogen and oxygen atoms in total. The summed E-state index contributed by atoms with van der Waals surface area (Å²) in [7, 11) is 0. The van der Waals surface area contributed by atoms with Crippen molar-refractivity contribution in [3.63, 3.8) is 0 Å². The average molecular weight is 567 g/mol. The van der Waals surface area contributed by atoms with Crippen LogP contribution in [0.1, 0.15) is 35.3 Å². The molecule has 0 saturated carbocycles. The molecule has 1 heterocycles. The van der Waals surface area contributed by atoms with Gasteiger partial charge in [-0.3, -0.25) is 4.79 Å². The zero-order chi connectivity index (χ0) is 24.6. The quantitative estimate of drug-likeness (QED) is 0.159. The van der Waals surface area contributed by atoms with Crippen LogP contribution in [0.15, 0.2) is 65.5 Å². The number of hydrogen-bond donors (Lipinski definition) is 5. The van der Waals surface area contributed by atoms with Crippen molar-refractivity contribution >= 4 is 46.4 Å². The Morgan fingerprint density at radius 2 is 1.78 bits per heavy atom. The third-order valence-corrected chi connectivity index (χ3v) is 6.71. The largest absolute Gasteiger partial charge is 0.506 e. The third-order valence-electron chi connectivity index (χ3n) is 5.78. The van der Waals surface area contributed by atoms with E-state index in [2.05, 4.69) is 45.9 Å². The van der Waals surface area contributed by atoms with Crippen LogP contribution in [0.2, 0.25) is 0 Å². The van der Waals surface area contributed by atoms with Crippen LogP contribution in [0, 0.1) is 0 Å². The number of aromatic amines is 1. The van der Waals surface area contributed by atoms with Gasteiger partial charge in [-0.05, 0) is 43.1 Å².